The van der Waals surface area contributed by atoms with Crippen LogP contribution in [-0.2, 0) is 12.8 Å². The number of methoxy groups -OCH3 is 1. The van der Waals surface area contributed by atoms with Crippen molar-refractivity contribution in [3.05, 3.63) is 80.6 Å². The molecule has 3 heterocycles. The van der Waals surface area contributed by atoms with Crippen molar-refractivity contribution in [2.45, 2.75) is 51.7 Å². The lowest BCUT2D eigenvalue weighted by atomic mass is 9.80. The van der Waals surface area contributed by atoms with Gasteiger partial charge in [0, 0.05) is 41.1 Å². The van der Waals surface area contributed by atoms with Crippen molar-refractivity contribution in [1.82, 2.24) is 4.98 Å². The number of aromatic nitrogens is 1. The van der Waals surface area contributed by atoms with E-state index in [1.807, 2.05) is 18.2 Å². The number of carbonyl (C=O) groups excluding carboxylic acids is 1. The minimum atomic E-state index is -0.354. The number of hydrogen-bond acceptors (Lipinski definition) is 5. The van der Waals surface area contributed by atoms with Crippen molar-refractivity contribution < 1.29 is 14.3 Å². The Morgan fingerprint density at radius 3 is 2.50 bits per heavy atom. The SMILES string of the molecule is COc1cc2c(c3c1OC(C)(C)C3)C(c1cccc(C(=O)Nc3c(Cl)cncc3Cl)c1)=NC(C)(C)C2. The van der Waals surface area contributed by atoms with Gasteiger partial charge in [0.1, 0.15) is 5.60 Å². The molecular formula is C28H27Cl2N3O3. The van der Waals surface area contributed by atoms with Gasteiger partial charge in [-0.15, -0.1) is 0 Å². The van der Waals surface area contributed by atoms with Crippen LogP contribution < -0.4 is 14.8 Å². The van der Waals surface area contributed by atoms with Crippen molar-refractivity contribution in [1.29, 1.82) is 0 Å². The van der Waals surface area contributed by atoms with Crippen molar-refractivity contribution in [2.75, 3.05) is 12.4 Å². The summed E-state index contributed by atoms with van der Waals surface area (Å²) in [5.74, 6) is 1.18. The molecule has 0 bridgehead atoms. The van der Waals surface area contributed by atoms with E-state index in [-0.39, 0.29) is 27.1 Å². The highest BCUT2D eigenvalue weighted by Gasteiger charge is 2.39. The van der Waals surface area contributed by atoms with E-state index >= 15 is 0 Å². The Bertz CT molecular complexity index is 1410. The van der Waals surface area contributed by atoms with Gasteiger partial charge < -0.3 is 14.8 Å². The Labute approximate surface area is 220 Å². The molecule has 0 saturated heterocycles. The summed E-state index contributed by atoms with van der Waals surface area (Å²) in [6.45, 7) is 8.37. The maximum absolute atomic E-state index is 13.2. The lowest BCUT2D eigenvalue weighted by Gasteiger charge is -2.31. The molecule has 2 aromatic carbocycles. The summed E-state index contributed by atoms with van der Waals surface area (Å²) >= 11 is 12.4. The number of fused-ring (bicyclic) bond motifs is 3. The molecule has 1 N–H and O–H groups in total. The van der Waals surface area contributed by atoms with Crippen LogP contribution in [0, 0.1) is 0 Å². The number of anilines is 1. The van der Waals surface area contributed by atoms with E-state index in [0.29, 0.717) is 11.3 Å². The summed E-state index contributed by atoms with van der Waals surface area (Å²) < 4.78 is 12.0. The second kappa shape index (κ2) is 8.79. The molecule has 0 saturated carbocycles. The van der Waals surface area contributed by atoms with Gasteiger partial charge in [-0.05, 0) is 57.9 Å². The number of halogens is 2. The number of hydrogen-bond donors (Lipinski definition) is 1. The second-order valence-corrected chi connectivity index (χ2v) is 11.2. The first kappa shape index (κ1) is 24.6. The molecule has 3 aromatic rings. The summed E-state index contributed by atoms with van der Waals surface area (Å²) in [7, 11) is 1.67. The molecule has 1 amide bonds. The Morgan fingerprint density at radius 2 is 1.81 bits per heavy atom. The lowest BCUT2D eigenvalue weighted by Crippen LogP contribution is -2.30. The highest BCUT2D eigenvalue weighted by molar-refractivity contribution is 6.39. The van der Waals surface area contributed by atoms with Crippen LogP contribution in [-0.4, -0.2) is 34.9 Å². The zero-order valence-corrected chi connectivity index (χ0v) is 22.3. The van der Waals surface area contributed by atoms with Gasteiger partial charge in [-0.1, -0.05) is 35.3 Å². The molecule has 1 aromatic heterocycles. The number of benzene rings is 2. The van der Waals surface area contributed by atoms with Crippen LogP contribution in [0.15, 0.2) is 47.7 Å². The van der Waals surface area contributed by atoms with Crippen LogP contribution in [0.5, 0.6) is 11.5 Å². The molecule has 0 unspecified atom stereocenters. The third-order valence-electron chi connectivity index (χ3n) is 6.39. The highest BCUT2D eigenvalue weighted by Crippen LogP contribution is 2.47. The van der Waals surface area contributed by atoms with E-state index in [4.69, 9.17) is 37.7 Å². The average Bonchev–Trinajstić information content (AvgIpc) is 3.14. The van der Waals surface area contributed by atoms with E-state index in [0.717, 1.165) is 52.3 Å². The van der Waals surface area contributed by atoms with E-state index in [1.165, 1.54) is 12.4 Å². The van der Waals surface area contributed by atoms with Crippen LogP contribution in [0.1, 0.15) is 60.3 Å². The van der Waals surface area contributed by atoms with Gasteiger partial charge in [0.25, 0.3) is 5.91 Å². The molecular weight excluding hydrogens is 497 g/mol. The number of amides is 1. The van der Waals surface area contributed by atoms with Crippen LogP contribution in [0.25, 0.3) is 0 Å². The fourth-order valence-corrected chi connectivity index (χ4v) is 5.41. The molecule has 2 aliphatic heterocycles. The van der Waals surface area contributed by atoms with E-state index in [9.17, 15) is 4.79 Å². The fourth-order valence-electron chi connectivity index (χ4n) is 4.95. The van der Waals surface area contributed by atoms with E-state index in [1.54, 1.807) is 13.2 Å². The first-order valence-corrected chi connectivity index (χ1v) is 12.5. The van der Waals surface area contributed by atoms with E-state index in [2.05, 4.69) is 44.1 Å². The quantitative estimate of drug-likeness (QED) is 0.421. The van der Waals surface area contributed by atoms with Crippen LogP contribution in [0.2, 0.25) is 10.0 Å². The Kier molecular flexibility index (Phi) is 6.00. The first-order chi connectivity index (χ1) is 17.0. The summed E-state index contributed by atoms with van der Waals surface area (Å²) in [5, 5.41) is 3.35. The summed E-state index contributed by atoms with van der Waals surface area (Å²) in [4.78, 5) is 22.2. The maximum Gasteiger partial charge on any atom is 0.255 e. The number of nitrogens with one attached hydrogen (secondary N) is 1. The van der Waals surface area contributed by atoms with Gasteiger partial charge in [-0.25, -0.2) is 0 Å². The van der Waals surface area contributed by atoms with Crippen molar-refractivity contribution in [2.24, 2.45) is 4.99 Å². The smallest absolute Gasteiger partial charge is 0.255 e. The number of aliphatic imine (C=N–C) groups is 1. The lowest BCUT2D eigenvalue weighted by molar-refractivity contribution is 0.102. The van der Waals surface area contributed by atoms with E-state index < -0.39 is 0 Å². The molecule has 0 radical (unpaired) electrons. The number of rotatable bonds is 4. The number of carbonyl (C=O) groups is 1. The molecule has 0 aliphatic carbocycles. The first-order valence-electron chi connectivity index (χ1n) is 11.7. The molecule has 2 aliphatic rings. The number of ether oxygens (including phenoxy) is 2. The molecule has 0 atom stereocenters. The summed E-state index contributed by atoms with van der Waals surface area (Å²) in [5.41, 5.74) is 5.12. The van der Waals surface area contributed by atoms with Crippen molar-refractivity contribution in [3.63, 3.8) is 0 Å². The third-order valence-corrected chi connectivity index (χ3v) is 6.96. The number of pyridine rings is 1. The van der Waals surface area contributed by atoms with Gasteiger partial charge in [0.2, 0.25) is 0 Å². The fraction of sp³-hybridized carbons (Fsp3) is 0.321. The average molecular weight is 524 g/mol. The Balaban J connectivity index is 1.60. The van der Waals surface area contributed by atoms with Gasteiger partial charge in [0.15, 0.2) is 11.5 Å². The molecule has 0 fully saturated rings. The molecule has 8 heteroatoms. The minimum Gasteiger partial charge on any atom is -0.493 e. The van der Waals surface area contributed by atoms with Crippen molar-refractivity contribution >= 4 is 40.5 Å². The number of nitrogens with zero attached hydrogens (tertiary/aromatic N) is 2. The minimum absolute atomic E-state index is 0.270. The Morgan fingerprint density at radius 1 is 1.08 bits per heavy atom. The summed E-state index contributed by atoms with van der Waals surface area (Å²) in [6, 6.07) is 9.50. The highest BCUT2D eigenvalue weighted by atomic mass is 35.5. The third kappa shape index (κ3) is 4.44. The van der Waals surface area contributed by atoms with Crippen LogP contribution >= 0.6 is 23.2 Å². The predicted molar refractivity (Wildman–Crippen MR) is 143 cm³/mol. The largest absolute Gasteiger partial charge is 0.493 e. The van der Waals surface area contributed by atoms with Crippen LogP contribution in [0.4, 0.5) is 5.69 Å². The summed E-state index contributed by atoms with van der Waals surface area (Å²) in [6.07, 6.45) is 4.39. The molecule has 5 rings (SSSR count). The topological polar surface area (TPSA) is 72.8 Å². The van der Waals surface area contributed by atoms with Gasteiger partial charge in [-0.2, -0.15) is 0 Å². The Hall–Kier alpha value is -3.09. The molecule has 0 spiro atoms. The second-order valence-electron chi connectivity index (χ2n) is 10.4. The molecule has 186 valence electrons. The van der Waals surface area contributed by atoms with Gasteiger partial charge in [-0.3, -0.25) is 14.8 Å². The monoisotopic (exact) mass is 523 g/mol. The standard InChI is InChI=1S/C28H27Cl2N3O3/c1-27(2)11-17-10-21(35-5)25-18(12-28(3,4)36-25)22(17)23(33-27)15-7-6-8-16(9-15)26(34)32-24-19(29)13-31-14-20(24)30/h6-10,13-14H,11-12H2,1-5H3,(H,31,32,34). The van der Waals surface area contributed by atoms with Gasteiger partial charge >= 0.3 is 0 Å². The van der Waals surface area contributed by atoms with Crippen LogP contribution in [0.3, 0.4) is 0 Å². The molecule has 36 heavy (non-hydrogen) atoms. The maximum atomic E-state index is 13.2. The van der Waals surface area contributed by atoms with Crippen molar-refractivity contribution in [3.8, 4) is 11.5 Å². The zero-order valence-electron chi connectivity index (χ0n) is 20.8. The van der Waals surface area contributed by atoms with Gasteiger partial charge in [0.05, 0.1) is 34.1 Å². The molecule has 6 nitrogen and oxygen atoms in total. The normalized spacial score (nSPS) is 16.9. The zero-order chi connectivity index (χ0) is 25.8. The predicted octanol–water partition coefficient (Wildman–Crippen LogP) is 6.53.